The van der Waals surface area contributed by atoms with E-state index < -0.39 is 0 Å². The molecule has 0 fully saturated rings. The van der Waals surface area contributed by atoms with Crippen molar-refractivity contribution in [2.45, 2.75) is 19.8 Å². The minimum atomic E-state index is 0.418. The molecule has 0 aliphatic rings. The number of nitrogens with zero attached hydrogens (tertiary/aromatic N) is 4. The van der Waals surface area contributed by atoms with Crippen molar-refractivity contribution in [3.8, 4) is 0 Å². The van der Waals surface area contributed by atoms with E-state index in [1.165, 1.54) is 6.33 Å². The van der Waals surface area contributed by atoms with Gasteiger partial charge in [-0.1, -0.05) is 13.8 Å². The van der Waals surface area contributed by atoms with Crippen molar-refractivity contribution >= 4 is 11.8 Å². The summed E-state index contributed by atoms with van der Waals surface area (Å²) >= 11 is 0. The number of anilines is 2. The van der Waals surface area contributed by atoms with Crippen LogP contribution in [0.3, 0.4) is 0 Å². The molecule has 0 unspecified atom stereocenters. The Morgan fingerprint density at radius 2 is 2.27 bits per heavy atom. The van der Waals surface area contributed by atoms with E-state index in [4.69, 9.17) is 0 Å². The van der Waals surface area contributed by atoms with Crippen molar-refractivity contribution < 1.29 is 0 Å². The first-order valence-electron chi connectivity index (χ1n) is 4.83. The zero-order chi connectivity index (χ0) is 10.8. The Balaban J connectivity index is 2.21. The Bertz CT molecular complexity index is 427. The van der Waals surface area contributed by atoms with Crippen LogP contribution in [0.15, 0.2) is 12.4 Å². The number of hydrogen-bond acceptors (Lipinski definition) is 4. The average Bonchev–Trinajstić information content (AvgIpc) is 2.77. The molecule has 0 amide bonds. The van der Waals surface area contributed by atoms with Crippen molar-refractivity contribution in [1.29, 1.82) is 0 Å². The number of H-pyrrole nitrogens is 1. The highest BCUT2D eigenvalue weighted by Crippen LogP contribution is 2.18. The van der Waals surface area contributed by atoms with Gasteiger partial charge in [-0.05, 0) is 5.92 Å². The maximum Gasteiger partial charge on any atom is 0.224 e. The van der Waals surface area contributed by atoms with Crippen LogP contribution in [-0.2, 0) is 7.05 Å². The largest absolute Gasteiger partial charge is 0.309 e. The predicted molar refractivity (Wildman–Crippen MR) is 57.0 cm³/mol. The molecular formula is C9H14N6. The second kappa shape index (κ2) is 3.72. The van der Waals surface area contributed by atoms with Gasteiger partial charge in [0.25, 0.3) is 0 Å². The van der Waals surface area contributed by atoms with E-state index in [-0.39, 0.29) is 0 Å². The number of hydrogen-bond donors (Lipinski definition) is 2. The molecule has 2 rings (SSSR count). The van der Waals surface area contributed by atoms with E-state index in [0.717, 1.165) is 11.5 Å². The molecule has 0 saturated carbocycles. The lowest BCUT2D eigenvalue weighted by atomic mass is 10.1. The summed E-state index contributed by atoms with van der Waals surface area (Å²) in [5.41, 5.74) is 1.06. The van der Waals surface area contributed by atoms with Gasteiger partial charge in [-0.25, -0.2) is 5.10 Å². The summed E-state index contributed by atoms with van der Waals surface area (Å²) < 4.78 is 1.79. The van der Waals surface area contributed by atoms with Crippen molar-refractivity contribution in [3.05, 3.63) is 18.1 Å². The lowest BCUT2D eigenvalue weighted by molar-refractivity contribution is 0.717. The first-order valence-corrected chi connectivity index (χ1v) is 4.83. The summed E-state index contributed by atoms with van der Waals surface area (Å²) in [6.07, 6.45) is 1.46. The van der Waals surface area contributed by atoms with Crippen molar-refractivity contribution in [3.63, 3.8) is 0 Å². The SMILES string of the molecule is CC(C)c1cc(Nc2ncn[nH]2)n(C)n1. The molecule has 0 spiro atoms. The Morgan fingerprint density at radius 3 is 2.80 bits per heavy atom. The standard InChI is InChI=1S/C9H14N6/c1-6(2)7-4-8(15(3)14-7)12-9-10-5-11-13-9/h4-6H,1-3H3,(H2,10,11,12,13). The molecule has 0 atom stereocenters. The van der Waals surface area contributed by atoms with E-state index in [1.54, 1.807) is 4.68 Å². The molecule has 2 heterocycles. The molecule has 0 aromatic carbocycles. The molecule has 2 aromatic rings. The van der Waals surface area contributed by atoms with Gasteiger partial charge in [0, 0.05) is 13.1 Å². The quantitative estimate of drug-likeness (QED) is 0.796. The molecule has 2 aromatic heterocycles. The molecule has 80 valence electrons. The fourth-order valence-corrected chi connectivity index (χ4v) is 1.28. The highest BCUT2D eigenvalue weighted by Gasteiger charge is 2.08. The smallest absolute Gasteiger partial charge is 0.224 e. The molecule has 0 aliphatic carbocycles. The van der Waals surface area contributed by atoms with Crippen molar-refractivity contribution in [2.75, 3.05) is 5.32 Å². The Kier molecular flexibility index (Phi) is 2.40. The molecule has 0 saturated heterocycles. The monoisotopic (exact) mass is 206 g/mol. The minimum Gasteiger partial charge on any atom is -0.309 e. The van der Waals surface area contributed by atoms with Gasteiger partial charge in [-0.2, -0.15) is 15.2 Å². The van der Waals surface area contributed by atoms with Crippen LogP contribution in [0.25, 0.3) is 0 Å². The molecule has 2 N–H and O–H groups in total. The van der Waals surface area contributed by atoms with Gasteiger partial charge in [0.15, 0.2) is 0 Å². The zero-order valence-corrected chi connectivity index (χ0v) is 9.02. The molecule has 15 heavy (non-hydrogen) atoms. The molecular weight excluding hydrogens is 192 g/mol. The number of aryl methyl sites for hydroxylation is 1. The van der Waals surface area contributed by atoms with Crippen LogP contribution in [-0.4, -0.2) is 25.0 Å². The second-order valence-corrected chi connectivity index (χ2v) is 3.69. The predicted octanol–water partition coefficient (Wildman–Crippen LogP) is 1.41. The molecule has 6 nitrogen and oxygen atoms in total. The van der Waals surface area contributed by atoms with E-state index >= 15 is 0 Å². The Morgan fingerprint density at radius 1 is 1.47 bits per heavy atom. The van der Waals surface area contributed by atoms with Gasteiger partial charge in [0.2, 0.25) is 5.95 Å². The molecule has 0 bridgehead atoms. The van der Waals surface area contributed by atoms with Gasteiger partial charge >= 0.3 is 0 Å². The summed E-state index contributed by atoms with van der Waals surface area (Å²) in [7, 11) is 1.89. The third kappa shape index (κ3) is 1.98. The topological polar surface area (TPSA) is 71.4 Å². The average molecular weight is 206 g/mol. The lowest BCUT2D eigenvalue weighted by Crippen LogP contribution is -2.00. The summed E-state index contributed by atoms with van der Waals surface area (Å²) in [6.45, 7) is 4.22. The van der Waals surface area contributed by atoms with E-state index in [9.17, 15) is 0 Å². The maximum absolute atomic E-state index is 4.38. The third-order valence-electron chi connectivity index (χ3n) is 2.15. The molecule has 6 heteroatoms. The van der Waals surface area contributed by atoms with E-state index in [1.807, 2.05) is 13.1 Å². The van der Waals surface area contributed by atoms with Crippen LogP contribution in [0.4, 0.5) is 11.8 Å². The van der Waals surface area contributed by atoms with Crippen LogP contribution in [0.5, 0.6) is 0 Å². The van der Waals surface area contributed by atoms with Gasteiger partial charge < -0.3 is 5.32 Å². The Labute approximate surface area is 87.7 Å². The second-order valence-electron chi connectivity index (χ2n) is 3.69. The van der Waals surface area contributed by atoms with Crippen LogP contribution in [0, 0.1) is 0 Å². The number of aromatic nitrogens is 5. The first-order chi connectivity index (χ1) is 7.16. The van der Waals surface area contributed by atoms with Crippen LogP contribution in [0.1, 0.15) is 25.5 Å². The number of rotatable bonds is 3. The fraction of sp³-hybridized carbons (Fsp3) is 0.444. The lowest BCUT2D eigenvalue weighted by Gasteiger charge is -2.00. The molecule has 0 radical (unpaired) electrons. The third-order valence-corrected chi connectivity index (χ3v) is 2.15. The van der Waals surface area contributed by atoms with Gasteiger partial charge in [-0.15, -0.1) is 0 Å². The van der Waals surface area contributed by atoms with E-state index in [2.05, 4.69) is 39.4 Å². The van der Waals surface area contributed by atoms with Crippen LogP contribution in [0.2, 0.25) is 0 Å². The summed E-state index contributed by atoms with van der Waals surface area (Å²) in [5.74, 6) is 1.94. The summed E-state index contributed by atoms with van der Waals surface area (Å²) in [5, 5.41) is 14.0. The van der Waals surface area contributed by atoms with Crippen LogP contribution < -0.4 is 5.32 Å². The fourth-order valence-electron chi connectivity index (χ4n) is 1.28. The van der Waals surface area contributed by atoms with Crippen LogP contribution >= 0.6 is 0 Å². The van der Waals surface area contributed by atoms with Gasteiger partial charge in [-0.3, -0.25) is 4.68 Å². The first kappa shape index (κ1) is 9.70. The highest BCUT2D eigenvalue weighted by atomic mass is 15.4. The highest BCUT2D eigenvalue weighted by molar-refractivity contribution is 5.48. The van der Waals surface area contributed by atoms with Crippen molar-refractivity contribution in [1.82, 2.24) is 25.0 Å². The minimum absolute atomic E-state index is 0.418. The van der Waals surface area contributed by atoms with Gasteiger partial charge in [0.1, 0.15) is 12.1 Å². The maximum atomic E-state index is 4.38. The molecule has 0 aliphatic heterocycles. The van der Waals surface area contributed by atoms with E-state index in [0.29, 0.717) is 11.9 Å². The Hall–Kier alpha value is -1.85. The zero-order valence-electron chi connectivity index (χ0n) is 9.02. The summed E-state index contributed by atoms with van der Waals surface area (Å²) in [6, 6.07) is 2.01. The van der Waals surface area contributed by atoms with Crippen molar-refractivity contribution in [2.24, 2.45) is 7.05 Å². The normalized spacial score (nSPS) is 10.9. The summed E-state index contributed by atoms with van der Waals surface area (Å²) in [4.78, 5) is 3.99. The number of nitrogens with one attached hydrogen (secondary N) is 2. The number of aromatic amines is 1. The van der Waals surface area contributed by atoms with Gasteiger partial charge in [0.05, 0.1) is 5.69 Å².